The zero-order valence-electron chi connectivity index (χ0n) is 17.6. The Hall–Kier alpha value is -1.35. The van der Waals surface area contributed by atoms with Crippen LogP contribution in [0.3, 0.4) is 0 Å². The van der Waals surface area contributed by atoms with E-state index in [0.29, 0.717) is 0 Å². The van der Waals surface area contributed by atoms with Crippen molar-refractivity contribution in [1.29, 1.82) is 0 Å². The number of rotatable bonds is 8. The number of fused-ring (bicyclic) bond motifs is 1. The molecular formula is C22H35FIN5. The van der Waals surface area contributed by atoms with Crippen molar-refractivity contribution in [1.82, 2.24) is 20.5 Å². The van der Waals surface area contributed by atoms with E-state index in [1.807, 2.05) is 6.20 Å². The fourth-order valence-electron chi connectivity index (χ4n) is 4.03. The number of hydrogen-bond donors (Lipinski definition) is 3. The average Bonchev–Trinajstić information content (AvgIpc) is 3.09. The lowest BCUT2D eigenvalue weighted by molar-refractivity contribution is 0.158. The molecule has 1 aliphatic heterocycles. The molecule has 0 amide bonds. The number of piperidine rings is 1. The molecule has 5 nitrogen and oxygen atoms in total. The molecule has 1 saturated heterocycles. The maximum Gasteiger partial charge on any atom is 0.190 e. The van der Waals surface area contributed by atoms with Crippen LogP contribution in [-0.4, -0.2) is 55.1 Å². The molecule has 1 fully saturated rings. The Balaban J connectivity index is 0.00000300. The highest BCUT2D eigenvalue weighted by molar-refractivity contribution is 14.0. The molecule has 29 heavy (non-hydrogen) atoms. The van der Waals surface area contributed by atoms with Crippen LogP contribution in [0.5, 0.6) is 0 Å². The van der Waals surface area contributed by atoms with E-state index in [9.17, 15) is 4.39 Å². The summed E-state index contributed by atoms with van der Waals surface area (Å²) in [7, 11) is 1.80. The Morgan fingerprint density at radius 2 is 2.07 bits per heavy atom. The zero-order valence-corrected chi connectivity index (χ0v) is 20.0. The van der Waals surface area contributed by atoms with Crippen molar-refractivity contribution in [3.63, 3.8) is 0 Å². The van der Waals surface area contributed by atoms with Gasteiger partial charge in [-0.2, -0.15) is 0 Å². The van der Waals surface area contributed by atoms with Gasteiger partial charge >= 0.3 is 0 Å². The monoisotopic (exact) mass is 515 g/mol. The normalized spacial score (nSPS) is 17.9. The van der Waals surface area contributed by atoms with Crippen molar-refractivity contribution < 1.29 is 4.39 Å². The van der Waals surface area contributed by atoms with Crippen LogP contribution in [0.1, 0.15) is 44.6 Å². The van der Waals surface area contributed by atoms with Gasteiger partial charge in [0.1, 0.15) is 5.82 Å². The lowest BCUT2D eigenvalue weighted by atomic mass is 10.0. The number of nitrogens with zero attached hydrogens (tertiary/aromatic N) is 2. The van der Waals surface area contributed by atoms with E-state index in [4.69, 9.17) is 0 Å². The van der Waals surface area contributed by atoms with Gasteiger partial charge in [0, 0.05) is 43.3 Å². The number of nitrogens with one attached hydrogen (secondary N) is 3. The fraction of sp³-hybridized carbons (Fsp3) is 0.591. The first-order valence-electron chi connectivity index (χ1n) is 10.6. The highest BCUT2D eigenvalue weighted by atomic mass is 127. The number of aliphatic imine (C=N–C) groups is 1. The Morgan fingerprint density at radius 3 is 2.86 bits per heavy atom. The molecule has 0 spiro atoms. The van der Waals surface area contributed by atoms with Gasteiger partial charge in [0.25, 0.3) is 0 Å². The highest BCUT2D eigenvalue weighted by Crippen LogP contribution is 2.19. The van der Waals surface area contributed by atoms with Gasteiger partial charge in [-0.05, 0) is 75.9 Å². The number of unbranched alkanes of at least 4 members (excludes halogenated alkanes) is 1. The van der Waals surface area contributed by atoms with Crippen LogP contribution >= 0.6 is 24.0 Å². The first kappa shape index (κ1) is 23.9. The molecule has 0 bridgehead atoms. The summed E-state index contributed by atoms with van der Waals surface area (Å²) in [6.07, 6.45) is 9.22. The maximum atomic E-state index is 13.5. The topological polar surface area (TPSA) is 55.5 Å². The SMILES string of the molecule is CN=C(NCCCCN1CCCCC1C)NCCc1c[nH]c2ccc(F)cc12.I. The van der Waals surface area contributed by atoms with E-state index in [2.05, 4.69) is 32.4 Å². The van der Waals surface area contributed by atoms with Crippen LogP contribution in [0.2, 0.25) is 0 Å². The first-order valence-corrected chi connectivity index (χ1v) is 10.6. The van der Waals surface area contributed by atoms with E-state index in [0.717, 1.165) is 54.4 Å². The van der Waals surface area contributed by atoms with E-state index in [1.165, 1.54) is 44.8 Å². The van der Waals surface area contributed by atoms with E-state index in [-0.39, 0.29) is 29.8 Å². The lowest BCUT2D eigenvalue weighted by Crippen LogP contribution is -2.40. The number of guanidine groups is 1. The second kappa shape index (κ2) is 12.4. The second-order valence-corrected chi connectivity index (χ2v) is 7.77. The smallest absolute Gasteiger partial charge is 0.190 e. The number of benzene rings is 1. The van der Waals surface area contributed by atoms with Crippen LogP contribution in [0.15, 0.2) is 29.4 Å². The van der Waals surface area contributed by atoms with Crippen molar-refractivity contribution >= 4 is 40.8 Å². The summed E-state index contributed by atoms with van der Waals surface area (Å²) in [5.41, 5.74) is 2.09. The molecule has 1 aromatic heterocycles. The third kappa shape index (κ3) is 7.13. The molecule has 1 aliphatic rings. The molecule has 0 radical (unpaired) electrons. The van der Waals surface area contributed by atoms with Gasteiger partial charge in [0.15, 0.2) is 5.96 Å². The summed E-state index contributed by atoms with van der Waals surface area (Å²) < 4.78 is 13.5. The molecule has 0 saturated carbocycles. The lowest BCUT2D eigenvalue weighted by Gasteiger charge is -2.33. The van der Waals surface area contributed by atoms with Gasteiger partial charge in [0.2, 0.25) is 0 Å². The molecule has 1 unspecified atom stereocenters. The van der Waals surface area contributed by atoms with Crippen molar-refractivity contribution in [3.8, 4) is 0 Å². The molecule has 2 aromatic rings. The summed E-state index contributed by atoms with van der Waals surface area (Å²) in [5.74, 6) is 0.634. The molecule has 3 N–H and O–H groups in total. The first-order chi connectivity index (χ1) is 13.7. The summed E-state index contributed by atoms with van der Waals surface area (Å²) in [6.45, 7) is 6.50. The summed E-state index contributed by atoms with van der Waals surface area (Å²) in [5, 5.41) is 7.71. The van der Waals surface area contributed by atoms with Crippen LogP contribution < -0.4 is 10.6 Å². The summed E-state index contributed by atoms with van der Waals surface area (Å²) >= 11 is 0. The Morgan fingerprint density at radius 1 is 1.24 bits per heavy atom. The Kier molecular flexibility index (Phi) is 10.2. The minimum absolute atomic E-state index is 0. The van der Waals surface area contributed by atoms with Crippen LogP contribution in [0.4, 0.5) is 4.39 Å². The van der Waals surface area contributed by atoms with Crippen molar-refractivity contribution in [2.24, 2.45) is 4.99 Å². The van der Waals surface area contributed by atoms with Gasteiger partial charge in [0.05, 0.1) is 0 Å². The van der Waals surface area contributed by atoms with Gasteiger partial charge in [-0.15, -0.1) is 24.0 Å². The van der Waals surface area contributed by atoms with Gasteiger partial charge < -0.3 is 20.5 Å². The number of halogens is 2. The van der Waals surface area contributed by atoms with Crippen molar-refractivity contribution in [2.45, 2.75) is 51.5 Å². The number of H-pyrrole nitrogens is 1. The number of likely N-dealkylation sites (tertiary alicyclic amines) is 1. The molecule has 1 atom stereocenters. The van der Waals surface area contributed by atoms with Gasteiger partial charge in [-0.3, -0.25) is 4.99 Å². The molecule has 1 aromatic carbocycles. The van der Waals surface area contributed by atoms with E-state index in [1.54, 1.807) is 19.2 Å². The predicted molar refractivity (Wildman–Crippen MR) is 131 cm³/mol. The maximum absolute atomic E-state index is 13.5. The molecule has 2 heterocycles. The number of aromatic nitrogens is 1. The quantitative estimate of drug-likeness (QED) is 0.213. The molecule has 162 valence electrons. The third-order valence-corrected chi connectivity index (χ3v) is 5.74. The largest absolute Gasteiger partial charge is 0.361 e. The molecule has 0 aliphatic carbocycles. The predicted octanol–water partition coefficient (Wildman–Crippen LogP) is 4.29. The number of aromatic amines is 1. The van der Waals surface area contributed by atoms with Gasteiger partial charge in [-0.1, -0.05) is 6.42 Å². The zero-order chi connectivity index (χ0) is 19.8. The van der Waals surface area contributed by atoms with Crippen LogP contribution in [0, 0.1) is 5.82 Å². The van der Waals surface area contributed by atoms with E-state index >= 15 is 0 Å². The fourth-order valence-corrected chi connectivity index (χ4v) is 4.03. The second-order valence-electron chi connectivity index (χ2n) is 7.77. The highest BCUT2D eigenvalue weighted by Gasteiger charge is 2.16. The summed E-state index contributed by atoms with van der Waals surface area (Å²) in [6, 6.07) is 5.61. The molecule has 3 rings (SSSR count). The van der Waals surface area contributed by atoms with Crippen molar-refractivity contribution in [3.05, 3.63) is 35.8 Å². The Bertz CT molecular complexity index is 776. The minimum atomic E-state index is -0.197. The Labute approximate surface area is 190 Å². The van der Waals surface area contributed by atoms with Crippen LogP contribution in [-0.2, 0) is 6.42 Å². The third-order valence-electron chi connectivity index (χ3n) is 5.74. The van der Waals surface area contributed by atoms with Gasteiger partial charge in [-0.25, -0.2) is 4.39 Å². The summed E-state index contributed by atoms with van der Waals surface area (Å²) in [4.78, 5) is 10.1. The minimum Gasteiger partial charge on any atom is -0.361 e. The standard InChI is InChI=1S/C22H34FN5.HI/c1-17-7-3-5-13-28(17)14-6-4-11-25-22(24-2)26-12-10-18-16-27-21-9-8-19(23)15-20(18)21;/h8-9,15-17,27H,3-7,10-14H2,1-2H3,(H2,24,25,26);1H. The molecule has 7 heteroatoms. The van der Waals surface area contributed by atoms with E-state index < -0.39 is 0 Å². The number of hydrogen-bond acceptors (Lipinski definition) is 2. The van der Waals surface area contributed by atoms with Crippen molar-refractivity contribution in [2.75, 3.05) is 33.2 Å². The van der Waals surface area contributed by atoms with Crippen LogP contribution in [0.25, 0.3) is 10.9 Å². The average molecular weight is 515 g/mol. The molecular weight excluding hydrogens is 480 g/mol.